The molecule has 1 aromatic carbocycles. The van der Waals surface area contributed by atoms with Crippen molar-refractivity contribution in [3.8, 4) is 5.75 Å². The number of hydrogen-bond donors (Lipinski definition) is 2. The minimum Gasteiger partial charge on any atom is -0.487 e. The van der Waals surface area contributed by atoms with E-state index in [1.54, 1.807) is 24.3 Å². The lowest BCUT2D eigenvalue weighted by atomic mass is 10.2. The van der Waals surface area contributed by atoms with Crippen LogP contribution in [0, 0.1) is 0 Å². The average Bonchev–Trinajstić information content (AvgIpc) is 2.91. The van der Waals surface area contributed by atoms with Gasteiger partial charge in [-0.05, 0) is 32.0 Å². The van der Waals surface area contributed by atoms with Gasteiger partial charge < -0.3 is 20.2 Å². The standard InChI is InChI=1S/C15H17ClN2O3.ClH/c1-9(2)21-14-12(16)4-3-5-13(14)18-15(19)10-6-11(7-17)20-8-10;/h3-6,8-9H,7,17H2,1-2H3,(H,18,19);1H. The number of carbonyl (C=O) groups is 1. The van der Waals surface area contributed by atoms with E-state index in [-0.39, 0.29) is 31.0 Å². The van der Waals surface area contributed by atoms with E-state index in [9.17, 15) is 4.79 Å². The molecule has 1 heterocycles. The molecule has 0 unspecified atom stereocenters. The van der Waals surface area contributed by atoms with Crippen molar-refractivity contribution in [1.82, 2.24) is 0 Å². The van der Waals surface area contributed by atoms with Crippen molar-refractivity contribution in [2.75, 3.05) is 5.32 Å². The first-order valence-corrected chi connectivity index (χ1v) is 6.93. The predicted octanol–water partition coefficient (Wildman–Crippen LogP) is 3.85. The lowest BCUT2D eigenvalue weighted by molar-refractivity contribution is 0.102. The highest BCUT2D eigenvalue weighted by atomic mass is 35.5. The number of anilines is 1. The molecule has 7 heteroatoms. The summed E-state index contributed by atoms with van der Waals surface area (Å²) >= 11 is 6.12. The van der Waals surface area contributed by atoms with Crippen LogP contribution in [0.4, 0.5) is 5.69 Å². The maximum absolute atomic E-state index is 12.2. The second kappa shape index (κ2) is 8.08. The lowest BCUT2D eigenvalue weighted by Gasteiger charge is -2.16. The van der Waals surface area contributed by atoms with Gasteiger partial charge in [0.1, 0.15) is 12.0 Å². The van der Waals surface area contributed by atoms with Gasteiger partial charge in [0.05, 0.1) is 28.9 Å². The van der Waals surface area contributed by atoms with Gasteiger partial charge in [-0.25, -0.2) is 0 Å². The first-order valence-electron chi connectivity index (χ1n) is 6.55. The van der Waals surface area contributed by atoms with Crippen molar-refractivity contribution in [3.63, 3.8) is 0 Å². The van der Waals surface area contributed by atoms with Gasteiger partial charge in [0.2, 0.25) is 0 Å². The average molecular weight is 345 g/mol. The van der Waals surface area contributed by atoms with Crippen LogP contribution in [-0.4, -0.2) is 12.0 Å². The van der Waals surface area contributed by atoms with Crippen molar-refractivity contribution in [2.24, 2.45) is 5.73 Å². The minimum absolute atomic E-state index is 0. The minimum atomic E-state index is -0.311. The number of benzene rings is 1. The maximum atomic E-state index is 12.2. The van der Waals surface area contributed by atoms with E-state index in [1.165, 1.54) is 6.26 Å². The Kier molecular flexibility index (Phi) is 6.74. The van der Waals surface area contributed by atoms with Crippen LogP contribution >= 0.6 is 24.0 Å². The normalized spacial score (nSPS) is 10.2. The summed E-state index contributed by atoms with van der Waals surface area (Å²) in [5, 5.41) is 3.20. The van der Waals surface area contributed by atoms with E-state index in [2.05, 4.69) is 5.32 Å². The van der Waals surface area contributed by atoms with E-state index in [0.29, 0.717) is 27.8 Å². The zero-order chi connectivity index (χ0) is 15.4. The van der Waals surface area contributed by atoms with Crippen LogP contribution < -0.4 is 15.8 Å². The Morgan fingerprint density at radius 3 is 2.77 bits per heavy atom. The predicted molar refractivity (Wildman–Crippen MR) is 89.0 cm³/mol. The molecule has 0 aliphatic heterocycles. The molecule has 22 heavy (non-hydrogen) atoms. The molecule has 0 atom stereocenters. The molecule has 2 aromatic rings. The van der Waals surface area contributed by atoms with Gasteiger partial charge in [0.15, 0.2) is 5.75 Å². The second-order valence-electron chi connectivity index (χ2n) is 4.74. The number of nitrogens with one attached hydrogen (secondary N) is 1. The van der Waals surface area contributed by atoms with Gasteiger partial charge in [0.25, 0.3) is 5.91 Å². The summed E-state index contributed by atoms with van der Waals surface area (Å²) in [5.74, 6) is 0.685. The Labute approximate surface area is 140 Å². The monoisotopic (exact) mass is 344 g/mol. The van der Waals surface area contributed by atoms with Gasteiger partial charge in [-0.3, -0.25) is 4.79 Å². The topological polar surface area (TPSA) is 77.5 Å². The molecule has 0 aliphatic carbocycles. The summed E-state index contributed by atoms with van der Waals surface area (Å²) < 4.78 is 10.8. The fraction of sp³-hybridized carbons (Fsp3) is 0.267. The van der Waals surface area contributed by atoms with E-state index in [1.807, 2.05) is 13.8 Å². The third-order valence-corrected chi connectivity index (χ3v) is 2.98. The highest BCUT2D eigenvalue weighted by Gasteiger charge is 2.15. The molecule has 0 bridgehead atoms. The van der Waals surface area contributed by atoms with Gasteiger partial charge in [-0.1, -0.05) is 17.7 Å². The Bertz CT molecular complexity index is 641. The number of furan rings is 1. The van der Waals surface area contributed by atoms with Crippen molar-refractivity contribution >= 4 is 35.6 Å². The van der Waals surface area contributed by atoms with E-state index in [0.717, 1.165) is 0 Å². The molecule has 0 fully saturated rings. The number of halogens is 2. The molecule has 1 amide bonds. The molecule has 0 aliphatic rings. The molecular weight excluding hydrogens is 327 g/mol. The smallest absolute Gasteiger partial charge is 0.259 e. The fourth-order valence-electron chi connectivity index (χ4n) is 1.76. The van der Waals surface area contributed by atoms with Crippen molar-refractivity contribution in [2.45, 2.75) is 26.5 Å². The zero-order valence-corrected chi connectivity index (χ0v) is 13.8. The summed E-state index contributed by atoms with van der Waals surface area (Å²) in [4.78, 5) is 12.2. The van der Waals surface area contributed by atoms with Gasteiger partial charge in [-0.15, -0.1) is 12.4 Å². The summed E-state index contributed by atoms with van der Waals surface area (Å²) in [6.45, 7) is 4.02. The number of amides is 1. The first kappa shape index (κ1) is 18.4. The summed E-state index contributed by atoms with van der Waals surface area (Å²) in [6.07, 6.45) is 1.31. The SMILES string of the molecule is CC(C)Oc1c(Cl)cccc1NC(=O)c1coc(CN)c1.Cl. The first-order chi connectivity index (χ1) is 10.0. The molecule has 0 saturated carbocycles. The molecule has 5 nitrogen and oxygen atoms in total. The number of carbonyl (C=O) groups excluding carboxylic acids is 1. The molecule has 1 aromatic heterocycles. The molecule has 3 N–H and O–H groups in total. The quantitative estimate of drug-likeness (QED) is 0.863. The van der Waals surface area contributed by atoms with Crippen molar-refractivity contribution < 1.29 is 13.9 Å². The molecule has 120 valence electrons. The largest absolute Gasteiger partial charge is 0.487 e. The Hall–Kier alpha value is -1.69. The Morgan fingerprint density at radius 2 is 2.18 bits per heavy atom. The van der Waals surface area contributed by atoms with E-state index >= 15 is 0 Å². The Balaban J connectivity index is 0.00000242. The Morgan fingerprint density at radius 1 is 1.45 bits per heavy atom. The summed E-state index contributed by atoms with van der Waals surface area (Å²) in [7, 11) is 0. The van der Waals surface area contributed by atoms with Gasteiger partial charge >= 0.3 is 0 Å². The highest BCUT2D eigenvalue weighted by Crippen LogP contribution is 2.34. The number of ether oxygens (including phenoxy) is 1. The maximum Gasteiger partial charge on any atom is 0.259 e. The number of rotatable bonds is 5. The molecule has 0 saturated heterocycles. The fourth-order valence-corrected chi connectivity index (χ4v) is 1.98. The molecule has 0 radical (unpaired) electrons. The van der Waals surface area contributed by atoms with Crippen LogP contribution in [0.25, 0.3) is 0 Å². The number of nitrogens with two attached hydrogens (primary N) is 1. The third kappa shape index (κ3) is 4.40. The zero-order valence-electron chi connectivity index (χ0n) is 12.3. The van der Waals surface area contributed by atoms with Crippen LogP contribution in [-0.2, 0) is 6.54 Å². The number of hydrogen-bond acceptors (Lipinski definition) is 4. The summed E-state index contributed by atoms with van der Waals surface area (Å²) in [5.41, 5.74) is 6.36. The van der Waals surface area contributed by atoms with Crippen LogP contribution in [0.1, 0.15) is 30.0 Å². The van der Waals surface area contributed by atoms with Crippen LogP contribution in [0.5, 0.6) is 5.75 Å². The third-order valence-electron chi connectivity index (χ3n) is 2.69. The second-order valence-corrected chi connectivity index (χ2v) is 5.15. The van der Waals surface area contributed by atoms with Crippen molar-refractivity contribution in [3.05, 3.63) is 46.9 Å². The van der Waals surface area contributed by atoms with Crippen LogP contribution in [0.2, 0.25) is 5.02 Å². The van der Waals surface area contributed by atoms with Gasteiger partial charge in [0, 0.05) is 0 Å². The van der Waals surface area contributed by atoms with Crippen LogP contribution in [0.3, 0.4) is 0 Å². The highest BCUT2D eigenvalue weighted by molar-refractivity contribution is 6.32. The van der Waals surface area contributed by atoms with Crippen molar-refractivity contribution in [1.29, 1.82) is 0 Å². The summed E-state index contributed by atoms with van der Waals surface area (Å²) in [6, 6.07) is 6.78. The van der Waals surface area contributed by atoms with Gasteiger partial charge in [-0.2, -0.15) is 0 Å². The van der Waals surface area contributed by atoms with E-state index < -0.39 is 0 Å². The number of para-hydroxylation sites is 1. The van der Waals surface area contributed by atoms with E-state index in [4.69, 9.17) is 26.5 Å². The molecular formula is C15H18Cl2N2O3. The lowest BCUT2D eigenvalue weighted by Crippen LogP contribution is -2.14. The molecule has 2 rings (SSSR count). The molecule has 0 spiro atoms. The van der Waals surface area contributed by atoms with Crippen LogP contribution in [0.15, 0.2) is 34.9 Å².